The van der Waals surface area contributed by atoms with Gasteiger partial charge in [-0.3, -0.25) is 4.79 Å². The highest BCUT2D eigenvalue weighted by Crippen LogP contribution is 2.28. The summed E-state index contributed by atoms with van der Waals surface area (Å²) < 4.78 is 10.4. The molecular weight excluding hydrogens is 276 g/mol. The Balaban J connectivity index is 2.16. The summed E-state index contributed by atoms with van der Waals surface area (Å²) in [7, 11) is 3.05. The van der Waals surface area contributed by atoms with Gasteiger partial charge >= 0.3 is 0 Å². The smallest absolute Gasteiger partial charge is 0.259 e. The summed E-state index contributed by atoms with van der Waals surface area (Å²) in [6.45, 7) is 2.31. The molecule has 0 aliphatic rings. The maximum atomic E-state index is 12.3. The Hall–Kier alpha value is -2.08. The molecular formula is C14H16N2O3S. The number of ether oxygens (including phenoxy) is 2. The van der Waals surface area contributed by atoms with E-state index in [1.807, 2.05) is 12.3 Å². The Bertz CT molecular complexity index is 588. The van der Waals surface area contributed by atoms with Crippen LogP contribution in [0.4, 0.5) is 0 Å². The fourth-order valence-corrected chi connectivity index (χ4v) is 2.51. The minimum Gasteiger partial charge on any atom is -0.496 e. The molecule has 0 fully saturated rings. The summed E-state index contributed by atoms with van der Waals surface area (Å²) in [6.07, 6.45) is 0. The molecule has 1 amide bonds. The molecule has 1 heterocycles. The first-order valence-electron chi connectivity index (χ1n) is 6.06. The predicted octanol–water partition coefficient (Wildman–Crippen LogP) is 2.40. The zero-order chi connectivity index (χ0) is 14.5. The molecule has 0 unspecified atom stereocenters. The fourth-order valence-electron chi connectivity index (χ4n) is 1.80. The van der Waals surface area contributed by atoms with Gasteiger partial charge in [-0.05, 0) is 19.1 Å². The summed E-state index contributed by atoms with van der Waals surface area (Å²) in [5.41, 5.74) is 1.35. The molecule has 20 heavy (non-hydrogen) atoms. The summed E-state index contributed by atoms with van der Waals surface area (Å²) >= 11 is 1.52. The molecule has 0 spiro atoms. The van der Waals surface area contributed by atoms with Crippen LogP contribution in [0.15, 0.2) is 23.6 Å². The lowest BCUT2D eigenvalue weighted by Crippen LogP contribution is -2.24. The molecule has 1 aromatic heterocycles. The third kappa shape index (κ3) is 3.08. The Morgan fingerprint density at radius 2 is 1.95 bits per heavy atom. The van der Waals surface area contributed by atoms with Crippen molar-refractivity contribution < 1.29 is 14.3 Å². The van der Waals surface area contributed by atoms with E-state index in [4.69, 9.17) is 9.47 Å². The molecule has 6 heteroatoms. The Labute approximate surface area is 121 Å². The maximum Gasteiger partial charge on any atom is 0.259 e. The molecule has 1 aromatic carbocycles. The second-order valence-corrected chi connectivity index (χ2v) is 5.05. The minimum atomic E-state index is -0.243. The third-order valence-electron chi connectivity index (χ3n) is 2.72. The van der Waals surface area contributed by atoms with Crippen LogP contribution >= 0.6 is 11.3 Å². The van der Waals surface area contributed by atoms with Gasteiger partial charge in [0.15, 0.2) is 0 Å². The van der Waals surface area contributed by atoms with Crippen LogP contribution in [-0.4, -0.2) is 25.1 Å². The molecule has 2 aromatic rings. The Morgan fingerprint density at radius 1 is 1.30 bits per heavy atom. The first kappa shape index (κ1) is 14.3. The van der Waals surface area contributed by atoms with Gasteiger partial charge in [-0.2, -0.15) is 0 Å². The van der Waals surface area contributed by atoms with E-state index >= 15 is 0 Å². The molecule has 0 saturated carbocycles. The van der Waals surface area contributed by atoms with Gasteiger partial charge in [0.05, 0.1) is 20.8 Å². The topological polar surface area (TPSA) is 60.5 Å². The summed E-state index contributed by atoms with van der Waals surface area (Å²) in [5.74, 6) is 0.724. The lowest BCUT2D eigenvalue weighted by molar-refractivity contribution is 0.0944. The lowest BCUT2D eigenvalue weighted by Gasteiger charge is -2.12. The van der Waals surface area contributed by atoms with E-state index < -0.39 is 0 Å². The average molecular weight is 292 g/mol. The largest absolute Gasteiger partial charge is 0.496 e. The molecule has 0 radical (unpaired) electrons. The standard InChI is InChI=1S/C14H16N2O3S/c1-9-8-20-12(16-9)7-15-14(17)13-10(18-2)5-4-6-11(13)19-3/h4-6,8H,7H2,1-3H3,(H,15,17). The number of methoxy groups -OCH3 is 2. The number of nitrogens with one attached hydrogen (secondary N) is 1. The summed E-state index contributed by atoms with van der Waals surface area (Å²) in [4.78, 5) is 16.6. The van der Waals surface area contributed by atoms with Crippen LogP contribution in [0.25, 0.3) is 0 Å². The first-order chi connectivity index (χ1) is 9.65. The van der Waals surface area contributed by atoms with Crippen LogP contribution in [0.1, 0.15) is 21.1 Å². The highest BCUT2D eigenvalue weighted by molar-refractivity contribution is 7.09. The number of hydrogen-bond donors (Lipinski definition) is 1. The van der Waals surface area contributed by atoms with Crippen molar-refractivity contribution in [2.24, 2.45) is 0 Å². The molecule has 106 valence electrons. The second kappa shape index (κ2) is 6.38. The first-order valence-corrected chi connectivity index (χ1v) is 6.94. The average Bonchev–Trinajstić information content (AvgIpc) is 2.89. The van der Waals surface area contributed by atoms with E-state index in [-0.39, 0.29) is 5.91 Å². The fraction of sp³-hybridized carbons (Fsp3) is 0.286. The highest BCUT2D eigenvalue weighted by Gasteiger charge is 2.18. The number of aryl methyl sites for hydroxylation is 1. The maximum absolute atomic E-state index is 12.3. The van der Waals surface area contributed by atoms with Crippen molar-refractivity contribution in [3.63, 3.8) is 0 Å². The number of nitrogens with zero attached hydrogens (tertiary/aromatic N) is 1. The molecule has 2 rings (SSSR count). The van der Waals surface area contributed by atoms with E-state index in [1.54, 1.807) is 18.2 Å². The number of rotatable bonds is 5. The number of thiazole rings is 1. The van der Waals surface area contributed by atoms with Gasteiger partial charge in [-0.25, -0.2) is 4.98 Å². The van der Waals surface area contributed by atoms with Crippen molar-refractivity contribution in [1.82, 2.24) is 10.3 Å². The van der Waals surface area contributed by atoms with Gasteiger partial charge in [-0.1, -0.05) is 6.07 Å². The zero-order valence-corrected chi connectivity index (χ0v) is 12.4. The predicted molar refractivity (Wildman–Crippen MR) is 77.6 cm³/mol. The molecule has 0 aliphatic carbocycles. The number of aromatic nitrogens is 1. The monoisotopic (exact) mass is 292 g/mol. The molecule has 5 nitrogen and oxygen atoms in total. The quantitative estimate of drug-likeness (QED) is 0.919. The number of carbonyl (C=O) groups is 1. The van der Waals surface area contributed by atoms with Crippen LogP contribution in [0.3, 0.4) is 0 Å². The number of amides is 1. The van der Waals surface area contributed by atoms with Gasteiger partial charge in [-0.15, -0.1) is 11.3 Å². The second-order valence-electron chi connectivity index (χ2n) is 4.10. The van der Waals surface area contributed by atoms with Crippen LogP contribution in [0.2, 0.25) is 0 Å². The van der Waals surface area contributed by atoms with Gasteiger partial charge in [0.2, 0.25) is 0 Å². The normalized spacial score (nSPS) is 10.2. The van der Waals surface area contributed by atoms with Gasteiger partial charge < -0.3 is 14.8 Å². The van der Waals surface area contributed by atoms with Crippen molar-refractivity contribution in [2.45, 2.75) is 13.5 Å². The van der Waals surface area contributed by atoms with Crippen molar-refractivity contribution in [1.29, 1.82) is 0 Å². The summed E-state index contributed by atoms with van der Waals surface area (Å²) in [5, 5.41) is 5.64. The SMILES string of the molecule is COc1cccc(OC)c1C(=O)NCc1nc(C)cs1. The lowest BCUT2D eigenvalue weighted by atomic mass is 10.1. The zero-order valence-electron chi connectivity index (χ0n) is 11.6. The van der Waals surface area contributed by atoms with Crippen molar-refractivity contribution >= 4 is 17.2 Å². The number of benzene rings is 1. The van der Waals surface area contributed by atoms with Gasteiger partial charge in [0, 0.05) is 11.1 Å². The van der Waals surface area contributed by atoms with Crippen LogP contribution in [-0.2, 0) is 6.54 Å². The van der Waals surface area contributed by atoms with Gasteiger partial charge in [0.25, 0.3) is 5.91 Å². The van der Waals surface area contributed by atoms with Crippen molar-refractivity contribution in [3.05, 3.63) is 39.8 Å². The molecule has 1 N–H and O–H groups in total. The molecule has 0 saturated heterocycles. The third-order valence-corrected chi connectivity index (χ3v) is 3.69. The van der Waals surface area contributed by atoms with E-state index in [1.165, 1.54) is 25.6 Å². The highest BCUT2D eigenvalue weighted by atomic mass is 32.1. The van der Waals surface area contributed by atoms with Crippen molar-refractivity contribution in [3.8, 4) is 11.5 Å². The minimum absolute atomic E-state index is 0.243. The Kier molecular flexibility index (Phi) is 4.57. The molecule has 0 atom stereocenters. The van der Waals surface area contributed by atoms with Crippen LogP contribution in [0.5, 0.6) is 11.5 Å². The van der Waals surface area contributed by atoms with Crippen LogP contribution < -0.4 is 14.8 Å². The summed E-state index contributed by atoms with van der Waals surface area (Å²) in [6, 6.07) is 5.23. The van der Waals surface area contributed by atoms with E-state index in [0.29, 0.717) is 23.6 Å². The Morgan fingerprint density at radius 3 is 2.45 bits per heavy atom. The van der Waals surface area contributed by atoms with Crippen molar-refractivity contribution in [2.75, 3.05) is 14.2 Å². The molecule has 0 bridgehead atoms. The van der Waals surface area contributed by atoms with Gasteiger partial charge in [0.1, 0.15) is 22.1 Å². The van der Waals surface area contributed by atoms with Crippen LogP contribution in [0, 0.1) is 6.92 Å². The molecule has 0 aliphatic heterocycles. The van der Waals surface area contributed by atoms with E-state index in [9.17, 15) is 4.79 Å². The number of carbonyl (C=O) groups excluding carboxylic acids is 1. The van der Waals surface area contributed by atoms with E-state index in [2.05, 4.69) is 10.3 Å². The number of hydrogen-bond acceptors (Lipinski definition) is 5. The van der Waals surface area contributed by atoms with E-state index in [0.717, 1.165) is 10.7 Å².